The first-order valence-corrected chi connectivity index (χ1v) is 9.57. The first-order valence-electron chi connectivity index (χ1n) is 7.77. The van der Waals surface area contributed by atoms with Crippen LogP contribution in [0.2, 0.25) is 0 Å². The lowest BCUT2D eigenvalue weighted by atomic mass is 10.2. The van der Waals surface area contributed by atoms with Crippen LogP contribution in [0.25, 0.3) is 0 Å². The highest BCUT2D eigenvalue weighted by Gasteiger charge is 2.14. The predicted molar refractivity (Wildman–Crippen MR) is 103 cm³/mol. The van der Waals surface area contributed by atoms with Crippen LogP contribution in [-0.4, -0.2) is 32.3 Å². The van der Waals surface area contributed by atoms with Crippen LogP contribution in [-0.2, 0) is 11.8 Å². The van der Waals surface area contributed by atoms with Crippen LogP contribution in [0, 0.1) is 6.92 Å². The summed E-state index contributed by atoms with van der Waals surface area (Å²) in [4.78, 5) is 23.9. The number of benzene rings is 1. The van der Waals surface area contributed by atoms with E-state index >= 15 is 0 Å². The Morgan fingerprint density at radius 1 is 1.19 bits per heavy atom. The Labute approximate surface area is 158 Å². The van der Waals surface area contributed by atoms with Crippen molar-refractivity contribution in [2.75, 3.05) is 11.1 Å². The van der Waals surface area contributed by atoms with Crippen LogP contribution in [0.4, 0.5) is 10.8 Å². The van der Waals surface area contributed by atoms with Gasteiger partial charge in [0.05, 0.1) is 5.75 Å². The number of aryl methyl sites for hydroxylation is 2. The van der Waals surface area contributed by atoms with Gasteiger partial charge in [0.15, 0.2) is 4.34 Å². The summed E-state index contributed by atoms with van der Waals surface area (Å²) in [5.74, 6) is -0.693. The van der Waals surface area contributed by atoms with Gasteiger partial charge < -0.3 is 9.88 Å². The topological polar surface area (TPSA) is 88.9 Å². The molecule has 2 heterocycles. The fourth-order valence-electron chi connectivity index (χ4n) is 2.13. The number of nitrogens with zero attached hydrogens (tertiary/aromatic N) is 3. The Balaban J connectivity index is 1.50. The lowest BCUT2D eigenvalue weighted by Crippen LogP contribution is -2.32. The van der Waals surface area contributed by atoms with E-state index in [-0.39, 0.29) is 11.7 Å². The highest BCUT2D eigenvalue weighted by Crippen LogP contribution is 2.27. The standard InChI is InChI=1S/C17H17N5O2S2/c1-11-5-7-12(8-6-11)18-16-20-21-17(26-16)25-10-14(23)19-15(24)13-4-3-9-22(13)2/h3-9H,10H2,1-2H3,(H,18,20)(H,19,23,24). The van der Waals surface area contributed by atoms with Gasteiger partial charge in [-0.1, -0.05) is 40.8 Å². The summed E-state index contributed by atoms with van der Waals surface area (Å²) in [5, 5.41) is 14.3. The van der Waals surface area contributed by atoms with Crippen molar-refractivity contribution >= 4 is 45.7 Å². The van der Waals surface area contributed by atoms with Crippen LogP contribution < -0.4 is 10.6 Å². The summed E-state index contributed by atoms with van der Waals surface area (Å²) in [5.41, 5.74) is 2.54. The van der Waals surface area contributed by atoms with Crippen LogP contribution in [0.15, 0.2) is 46.9 Å². The molecule has 0 aliphatic carbocycles. The van der Waals surface area contributed by atoms with E-state index in [0.717, 1.165) is 5.69 Å². The summed E-state index contributed by atoms with van der Waals surface area (Å²) < 4.78 is 2.31. The molecule has 3 aromatic rings. The van der Waals surface area contributed by atoms with Gasteiger partial charge in [-0.15, -0.1) is 10.2 Å². The predicted octanol–water partition coefficient (Wildman–Crippen LogP) is 2.98. The summed E-state index contributed by atoms with van der Waals surface area (Å²) in [6.45, 7) is 2.02. The molecular formula is C17H17N5O2S2. The second kappa shape index (κ2) is 8.15. The molecule has 0 aliphatic heterocycles. The van der Waals surface area contributed by atoms with Gasteiger partial charge in [0.25, 0.3) is 5.91 Å². The molecule has 0 saturated heterocycles. The first-order chi connectivity index (χ1) is 12.5. The van der Waals surface area contributed by atoms with E-state index in [1.54, 1.807) is 29.9 Å². The van der Waals surface area contributed by atoms with E-state index in [4.69, 9.17) is 0 Å². The SMILES string of the molecule is Cc1ccc(Nc2nnc(SCC(=O)NC(=O)c3cccn3C)s2)cc1. The number of carbonyl (C=O) groups is 2. The molecule has 2 amide bonds. The van der Waals surface area contributed by atoms with Crippen molar-refractivity contribution in [3.63, 3.8) is 0 Å². The molecule has 0 aliphatic rings. The molecule has 2 N–H and O–H groups in total. The summed E-state index contributed by atoms with van der Waals surface area (Å²) in [6, 6.07) is 11.3. The van der Waals surface area contributed by atoms with Crippen LogP contribution in [0.3, 0.4) is 0 Å². The summed E-state index contributed by atoms with van der Waals surface area (Å²) in [7, 11) is 1.75. The number of hydrogen-bond donors (Lipinski definition) is 2. The average Bonchev–Trinajstić information content (AvgIpc) is 3.24. The van der Waals surface area contributed by atoms with Crippen molar-refractivity contribution in [3.05, 3.63) is 53.9 Å². The smallest absolute Gasteiger partial charge is 0.274 e. The molecular weight excluding hydrogens is 370 g/mol. The van der Waals surface area contributed by atoms with Crippen LogP contribution in [0.1, 0.15) is 16.1 Å². The maximum absolute atomic E-state index is 12.0. The van der Waals surface area contributed by atoms with Crippen molar-refractivity contribution in [3.8, 4) is 0 Å². The van der Waals surface area contributed by atoms with Crippen molar-refractivity contribution in [2.24, 2.45) is 7.05 Å². The van der Waals surface area contributed by atoms with Gasteiger partial charge in [0.2, 0.25) is 11.0 Å². The molecule has 134 valence electrons. The van der Waals surface area contributed by atoms with Crippen molar-refractivity contribution in [2.45, 2.75) is 11.3 Å². The Morgan fingerprint density at radius 2 is 1.96 bits per heavy atom. The molecule has 1 aromatic carbocycles. The largest absolute Gasteiger partial charge is 0.347 e. The molecule has 0 spiro atoms. The third kappa shape index (κ3) is 4.70. The summed E-state index contributed by atoms with van der Waals surface area (Å²) in [6.07, 6.45) is 1.75. The minimum Gasteiger partial charge on any atom is -0.347 e. The van der Waals surface area contributed by atoms with E-state index in [1.165, 1.54) is 28.7 Å². The van der Waals surface area contributed by atoms with Gasteiger partial charge in [0.1, 0.15) is 5.69 Å². The minimum atomic E-state index is -0.415. The second-order valence-electron chi connectivity index (χ2n) is 5.53. The molecule has 3 rings (SSSR count). The van der Waals surface area contributed by atoms with Crippen LogP contribution >= 0.6 is 23.1 Å². The molecule has 0 unspecified atom stereocenters. The number of thioether (sulfide) groups is 1. The number of nitrogens with one attached hydrogen (secondary N) is 2. The molecule has 2 aromatic heterocycles. The molecule has 0 bridgehead atoms. The number of carbonyl (C=O) groups excluding carboxylic acids is 2. The zero-order valence-electron chi connectivity index (χ0n) is 14.2. The molecule has 26 heavy (non-hydrogen) atoms. The number of rotatable bonds is 6. The van der Waals surface area contributed by atoms with Gasteiger partial charge in [-0.25, -0.2) is 0 Å². The molecule has 9 heteroatoms. The van der Waals surface area contributed by atoms with E-state index in [1.807, 2.05) is 31.2 Å². The second-order valence-corrected chi connectivity index (χ2v) is 7.73. The van der Waals surface area contributed by atoms with Gasteiger partial charge in [-0.05, 0) is 31.2 Å². The number of hydrogen-bond acceptors (Lipinski definition) is 7. The molecule has 7 nitrogen and oxygen atoms in total. The van der Waals surface area contributed by atoms with Gasteiger partial charge in [-0.2, -0.15) is 0 Å². The average molecular weight is 387 g/mol. The monoisotopic (exact) mass is 387 g/mol. The molecule has 0 fully saturated rings. The lowest BCUT2D eigenvalue weighted by Gasteiger charge is -2.04. The maximum atomic E-state index is 12.0. The van der Waals surface area contributed by atoms with Crippen molar-refractivity contribution in [1.82, 2.24) is 20.1 Å². The molecule has 0 atom stereocenters. The third-order valence-electron chi connectivity index (χ3n) is 3.47. The zero-order chi connectivity index (χ0) is 18.5. The summed E-state index contributed by atoms with van der Waals surface area (Å²) >= 11 is 2.59. The van der Waals surface area contributed by atoms with Crippen molar-refractivity contribution in [1.29, 1.82) is 0 Å². The van der Waals surface area contributed by atoms with E-state index in [0.29, 0.717) is 15.2 Å². The Kier molecular flexibility index (Phi) is 5.69. The quantitative estimate of drug-likeness (QED) is 0.632. The third-order valence-corrected chi connectivity index (χ3v) is 5.44. The van der Waals surface area contributed by atoms with Gasteiger partial charge >= 0.3 is 0 Å². The fourth-order valence-corrected chi connectivity index (χ4v) is 3.70. The van der Waals surface area contributed by atoms with Gasteiger partial charge in [0, 0.05) is 18.9 Å². The highest BCUT2D eigenvalue weighted by molar-refractivity contribution is 8.01. The Bertz CT molecular complexity index is 917. The Morgan fingerprint density at radius 3 is 2.65 bits per heavy atom. The zero-order valence-corrected chi connectivity index (χ0v) is 15.9. The molecule has 0 saturated carbocycles. The number of imide groups is 1. The van der Waals surface area contributed by atoms with E-state index in [2.05, 4.69) is 20.8 Å². The number of anilines is 2. The fraction of sp³-hybridized carbons (Fsp3) is 0.176. The Hall–Kier alpha value is -2.65. The van der Waals surface area contributed by atoms with Crippen LogP contribution in [0.5, 0.6) is 0 Å². The molecule has 0 radical (unpaired) electrons. The van der Waals surface area contributed by atoms with Gasteiger partial charge in [-0.3, -0.25) is 14.9 Å². The highest BCUT2D eigenvalue weighted by atomic mass is 32.2. The van der Waals surface area contributed by atoms with E-state index in [9.17, 15) is 9.59 Å². The maximum Gasteiger partial charge on any atom is 0.274 e. The minimum absolute atomic E-state index is 0.0926. The first kappa shape index (κ1) is 18.2. The number of aromatic nitrogens is 3. The normalized spacial score (nSPS) is 10.5. The number of amides is 2. The lowest BCUT2D eigenvalue weighted by molar-refractivity contribution is -0.117. The van der Waals surface area contributed by atoms with E-state index < -0.39 is 5.91 Å². The van der Waals surface area contributed by atoms with Crippen molar-refractivity contribution < 1.29 is 9.59 Å².